The van der Waals surface area contributed by atoms with Gasteiger partial charge in [-0.05, 0) is 48.3 Å². The minimum Gasteiger partial charge on any atom is -0.450 e. The van der Waals surface area contributed by atoms with E-state index < -0.39 is 23.7 Å². The lowest BCUT2D eigenvalue weighted by Gasteiger charge is -2.15. The Kier molecular flexibility index (Phi) is 5.80. The zero-order valence-corrected chi connectivity index (χ0v) is 17.4. The molecule has 32 heavy (non-hydrogen) atoms. The van der Waals surface area contributed by atoms with Crippen LogP contribution >= 0.6 is 24.0 Å². The number of nitrogens with one attached hydrogen (secondary N) is 2. The fourth-order valence-electron chi connectivity index (χ4n) is 2.68. The summed E-state index contributed by atoms with van der Waals surface area (Å²) in [4.78, 5) is 31.6. The second-order valence-electron chi connectivity index (χ2n) is 6.34. The summed E-state index contributed by atoms with van der Waals surface area (Å²) in [6, 6.07) is 12.2. The van der Waals surface area contributed by atoms with Crippen LogP contribution in [-0.2, 0) is 15.8 Å². The van der Waals surface area contributed by atoms with E-state index in [0.717, 1.165) is 17.8 Å². The Balaban J connectivity index is 1.63. The van der Waals surface area contributed by atoms with Crippen molar-refractivity contribution in [1.29, 1.82) is 0 Å². The maximum atomic E-state index is 13.4. The van der Waals surface area contributed by atoms with Crippen molar-refractivity contribution in [2.45, 2.75) is 16.4 Å². The van der Waals surface area contributed by atoms with Gasteiger partial charge < -0.3 is 4.42 Å². The molecule has 2 N–H and O–H groups in total. The topological polar surface area (TPSA) is 97.1 Å². The number of amides is 2. The quantitative estimate of drug-likeness (QED) is 0.256. The molecule has 0 aliphatic carbocycles. The van der Waals surface area contributed by atoms with Crippen molar-refractivity contribution in [3.63, 3.8) is 0 Å². The number of hydrogen-bond donors (Lipinski definition) is 2. The van der Waals surface area contributed by atoms with Crippen LogP contribution < -0.4 is 10.6 Å². The first-order valence-corrected chi connectivity index (χ1v) is 10.1. The van der Waals surface area contributed by atoms with Gasteiger partial charge >= 0.3 is 6.18 Å². The number of furan rings is 1. The van der Waals surface area contributed by atoms with Crippen molar-refractivity contribution in [3.05, 3.63) is 65.6 Å². The smallest absolute Gasteiger partial charge is 0.433 e. The third-order valence-corrected chi connectivity index (χ3v) is 5.08. The molecular weight excluding hydrogens is 465 g/mol. The van der Waals surface area contributed by atoms with E-state index in [1.807, 2.05) is 0 Å². The number of thiocarbonyl (C=S) groups is 1. The van der Waals surface area contributed by atoms with Gasteiger partial charge in [0.15, 0.2) is 15.4 Å². The zero-order chi connectivity index (χ0) is 22.9. The average Bonchev–Trinajstić information content (AvgIpc) is 3.17. The molecule has 1 fully saturated rings. The largest absolute Gasteiger partial charge is 0.450 e. The van der Waals surface area contributed by atoms with Gasteiger partial charge in [0.2, 0.25) is 0 Å². The van der Waals surface area contributed by atoms with Crippen LogP contribution in [0.2, 0.25) is 0 Å². The highest BCUT2D eigenvalue weighted by molar-refractivity contribution is 7.99. The second-order valence-corrected chi connectivity index (χ2v) is 7.72. The van der Waals surface area contributed by atoms with Gasteiger partial charge in [0.05, 0.1) is 5.69 Å². The molecule has 12 heteroatoms. The van der Waals surface area contributed by atoms with E-state index in [1.54, 1.807) is 30.3 Å². The summed E-state index contributed by atoms with van der Waals surface area (Å²) in [6.45, 7) is 0. The molecular formula is C20H11F3N4O3S2. The van der Waals surface area contributed by atoms with Crippen LogP contribution in [0.25, 0.3) is 17.3 Å². The van der Waals surface area contributed by atoms with Gasteiger partial charge in [-0.3, -0.25) is 20.2 Å². The first-order chi connectivity index (χ1) is 15.2. The number of halogens is 3. The molecule has 3 aromatic rings. The van der Waals surface area contributed by atoms with E-state index in [0.29, 0.717) is 5.56 Å². The highest BCUT2D eigenvalue weighted by atomic mass is 32.2. The fraction of sp³-hybridized carbons (Fsp3) is 0.0500. The Morgan fingerprint density at radius 3 is 2.34 bits per heavy atom. The molecule has 7 nitrogen and oxygen atoms in total. The lowest BCUT2D eigenvalue weighted by atomic mass is 10.1. The van der Waals surface area contributed by atoms with Crippen LogP contribution in [0.15, 0.2) is 68.8 Å². The second kappa shape index (κ2) is 8.55. The van der Waals surface area contributed by atoms with Crippen molar-refractivity contribution in [1.82, 2.24) is 20.6 Å². The molecule has 0 bridgehead atoms. The molecule has 0 spiro atoms. The SMILES string of the molecule is O=C1NC(=S)NC(=O)C1=Cc1ccc(Sc2nc(-c3ccccc3)cc(C(F)(F)F)n2)o1. The summed E-state index contributed by atoms with van der Waals surface area (Å²) in [5.74, 6) is -1.26. The summed E-state index contributed by atoms with van der Waals surface area (Å²) >= 11 is 5.50. The van der Waals surface area contributed by atoms with Crippen LogP contribution in [0.5, 0.6) is 0 Å². The molecule has 3 heterocycles. The summed E-state index contributed by atoms with van der Waals surface area (Å²) in [6.07, 6.45) is -3.47. The number of aromatic nitrogens is 2. The van der Waals surface area contributed by atoms with Gasteiger partial charge in [-0.15, -0.1) is 0 Å². The van der Waals surface area contributed by atoms with Crippen LogP contribution in [0.4, 0.5) is 13.2 Å². The van der Waals surface area contributed by atoms with Crippen molar-refractivity contribution in [2.24, 2.45) is 0 Å². The normalized spacial score (nSPS) is 14.2. The Morgan fingerprint density at radius 1 is 1.00 bits per heavy atom. The van der Waals surface area contributed by atoms with Gasteiger partial charge in [-0.2, -0.15) is 13.2 Å². The number of carbonyl (C=O) groups is 2. The number of rotatable bonds is 4. The molecule has 0 unspecified atom stereocenters. The molecule has 1 aliphatic rings. The standard InChI is InChI=1S/C20H11F3N4O3S2/c21-20(22,23)14-9-13(10-4-2-1-3-5-10)24-19(25-14)32-15-7-6-11(30-15)8-12-16(28)26-18(31)27-17(12)29/h1-9H,(H2,26,27,28,29,31). The van der Waals surface area contributed by atoms with Crippen molar-refractivity contribution in [2.75, 3.05) is 0 Å². The monoisotopic (exact) mass is 476 g/mol. The molecule has 1 aliphatic heterocycles. The molecule has 2 aromatic heterocycles. The number of benzene rings is 1. The maximum absolute atomic E-state index is 13.4. The lowest BCUT2D eigenvalue weighted by Crippen LogP contribution is -2.51. The zero-order valence-electron chi connectivity index (χ0n) is 15.8. The molecule has 0 radical (unpaired) electrons. The predicted octanol–water partition coefficient (Wildman–Crippen LogP) is 3.82. The van der Waals surface area contributed by atoms with E-state index in [2.05, 4.69) is 20.6 Å². The Hall–Kier alpha value is -3.51. The molecule has 0 atom stereocenters. The molecule has 0 saturated carbocycles. The molecule has 1 aromatic carbocycles. The summed E-state index contributed by atoms with van der Waals surface area (Å²) in [5, 5.41) is 4.46. The Labute approximate surface area is 188 Å². The average molecular weight is 476 g/mol. The highest BCUT2D eigenvalue weighted by Crippen LogP contribution is 2.34. The van der Waals surface area contributed by atoms with Crippen LogP contribution in [0.3, 0.4) is 0 Å². The molecule has 4 rings (SSSR count). The highest BCUT2D eigenvalue weighted by Gasteiger charge is 2.34. The lowest BCUT2D eigenvalue weighted by molar-refractivity contribution is -0.141. The van der Waals surface area contributed by atoms with E-state index in [4.69, 9.17) is 16.6 Å². The van der Waals surface area contributed by atoms with Crippen molar-refractivity contribution >= 4 is 47.0 Å². The maximum Gasteiger partial charge on any atom is 0.433 e. The van der Waals surface area contributed by atoms with E-state index >= 15 is 0 Å². The minimum atomic E-state index is -4.66. The van der Waals surface area contributed by atoms with Crippen LogP contribution in [0, 0.1) is 0 Å². The van der Waals surface area contributed by atoms with E-state index in [9.17, 15) is 22.8 Å². The van der Waals surface area contributed by atoms with Crippen molar-refractivity contribution in [3.8, 4) is 11.3 Å². The summed E-state index contributed by atoms with van der Waals surface area (Å²) in [5.41, 5.74) is -0.712. The minimum absolute atomic E-state index is 0.107. The fourth-order valence-corrected chi connectivity index (χ4v) is 3.61. The molecule has 2 amide bonds. The van der Waals surface area contributed by atoms with Crippen molar-refractivity contribution < 1.29 is 27.2 Å². The van der Waals surface area contributed by atoms with Gasteiger partial charge in [0.25, 0.3) is 11.8 Å². The summed E-state index contributed by atoms with van der Waals surface area (Å²) < 4.78 is 45.6. The predicted molar refractivity (Wildman–Crippen MR) is 112 cm³/mol. The van der Waals surface area contributed by atoms with Gasteiger partial charge in [0, 0.05) is 5.56 Å². The van der Waals surface area contributed by atoms with E-state index in [-0.39, 0.29) is 32.4 Å². The molecule has 162 valence electrons. The number of hydrogen-bond acceptors (Lipinski definition) is 7. The third kappa shape index (κ3) is 4.86. The van der Waals surface area contributed by atoms with Gasteiger partial charge in [0.1, 0.15) is 17.0 Å². The molecule has 1 saturated heterocycles. The number of alkyl halides is 3. The third-order valence-electron chi connectivity index (χ3n) is 4.09. The van der Waals surface area contributed by atoms with Crippen LogP contribution in [-0.4, -0.2) is 26.9 Å². The van der Waals surface area contributed by atoms with E-state index in [1.165, 1.54) is 18.2 Å². The van der Waals surface area contributed by atoms with Crippen LogP contribution in [0.1, 0.15) is 11.5 Å². The van der Waals surface area contributed by atoms with Gasteiger partial charge in [-0.1, -0.05) is 30.3 Å². The number of carbonyl (C=O) groups excluding carboxylic acids is 2. The number of nitrogens with zero attached hydrogens (tertiary/aromatic N) is 2. The van der Waals surface area contributed by atoms with Gasteiger partial charge in [-0.25, -0.2) is 9.97 Å². The first-order valence-electron chi connectivity index (χ1n) is 8.87. The summed E-state index contributed by atoms with van der Waals surface area (Å²) in [7, 11) is 0. The Morgan fingerprint density at radius 2 is 1.69 bits per heavy atom. The first kappa shape index (κ1) is 21.7. The Bertz CT molecular complexity index is 1230.